The second kappa shape index (κ2) is 5.06. The van der Waals surface area contributed by atoms with Crippen LogP contribution in [-0.2, 0) is 14.8 Å². The average molecular weight is 298 g/mol. The summed E-state index contributed by atoms with van der Waals surface area (Å²) in [4.78, 5) is 15.2. The summed E-state index contributed by atoms with van der Waals surface area (Å²) < 4.78 is 28.6. The highest BCUT2D eigenvalue weighted by Gasteiger charge is 2.18. The minimum atomic E-state index is -3.89. The van der Waals surface area contributed by atoms with E-state index in [0.29, 0.717) is 5.52 Å². The van der Waals surface area contributed by atoms with E-state index in [1.807, 2.05) is 0 Å². The molecule has 6 heteroatoms. The van der Waals surface area contributed by atoms with Gasteiger partial charge >= 0.3 is 0 Å². The van der Waals surface area contributed by atoms with E-state index in [-0.39, 0.29) is 16.4 Å². The molecule has 0 radical (unpaired) electrons. The molecule has 0 atom stereocenters. The monoisotopic (exact) mass is 298 g/mol. The molecule has 0 aliphatic heterocycles. The van der Waals surface area contributed by atoms with E-state index in [1.54, 1.807) is 24.3 Å². The van der Waals surface area contributed by atoms with Gasteiger partial charge in [-0.15, -0.1) is 0 Å². The fourth-order valence-corrected chi connectivity index (χ4v) is 3.14. The maximum atomic E-state index is 12.4. The SMILES string of the molecule is O=C1C=CC(=NS(=O)(=O)c2cccc3cccnc23)C=C1. The molecule has 0 spiro atoms. The Balaban J connectivity index is 2.14. The summed E-state index contributed by atoms with van der Waals surface area (Å²) in [5, 5.41) is 0.726. The van der Waals surface area contributed by atoms with Crippen molar-refractivity contribution in [3.63, 3.8) is 0 Å². The van der Waals surface area contributed by atoms with Gasteiger partial charge in [0.25, 0.3) is 10.0 Å². The van der Waals surface area contributed by atoms with Gasteiger partial charge in [0, 0.05) is 11.6 Å². The molecule has 5 nitrogen and oxygen atoms in total. The quantitative estimate of drug-likeness (QED) is 0.795. The molecule has 3 rings (SSSR count). The topological polar surface area (TPSA) is 76.5 Å². The first kappa shape index (κ1) is 13.4. The van der Waals surface area contributed by atoms with Crippen molar-refractivity contribution in [1.29, 1.82) is 0 Å². The van der Waals surface area contributed by atoms with Gasteiger partial charge in [-0.3, -0.25) is 9.78 Å². The van der Waals surface area contributed by atoms with Gasteiger partial charge < -0.3 is 0 Å². The van der Waals surface area contributed by atoms with Gasteiger partial charge in [-0.1, -0.05) is 18.2 Å². The number of rotatable bonds is 2. The van der Waals surface area contributed by atoms with Crippen LogP contribution >= 0.6 is 0 Å². The number of allylic oxidation sites excluding steroid dienone is 4. The van der Waals surface area contributed by atoms with Crippen molar-refractivity contribution in [2.24, 2.45) is 4.40 Å². The molecule has 0 fully saturated rings. The van der Waals surface area contributed by atoms with E-state index in [0.717, 1.165) is 5.39 Å². The van der Waals surface area contributed by atoms with Crippen LogP contribution in [0, 0.1) is 0 Å². The van der Waals surface area contributed by atoms with Gasteiger partial charge in [0.1, 0.15) is 4.90 Å². The molecule has 1 aliphatic carbocycles. The lowest BCUT2D eigenvalue weighted by atomic mass is 10.2. The predicted octanol–water partition coefficient (Wildman–Crippen LogP) is 2.06. The van der Waals surface area contributed by atoms with E-state index in [9.17, 15) is 13.2 Å². The molecule has 104 valence electrons. The maximum Gasteiger partial charge on any atom is 0.285 e. The van der Waals surface area contributed by atoms with Gasteiger partial charge in [-0.25, -0.2) is 0 Å². The molecule has 2 aromatic rings. The fourth-order valence-electron chi connectivity index (χ4n) is 1.98. The van der Waals surface area contributed by atoms with Crippen LogP contribution in [0.3, 0.4) is 0 Å². The van der Waals surface area contributed by atoms with Crippen LogP contribution in [0.15, 0.2) is 70.1 Å². The third-order valence-electron chi connectivity index (χ3n) is 2.94. The smallest absolute Gasteiger partial charge is 0.285 e. The Hall–Kier alpha value is -2.60. The number of fused-ring (bicyclic) bond motifs is 1. The van der Waals surface area contributed by atoms with Gasteiger partial charge in [-0.2, -0.15) is 12.8 Å². The highest BCUT2D eigenvalue weighted by Crippen LogP contribution is 2.22. The molecule has 0 bridgehead atoms. The lowest BCUT2D eigenvalue weighted by molar-refractivity contribution is -0.110. The summed E-state index contributed by atoms with van der Waals surface area (Å²) in [5.41, 5.74) is 0.590. The number of ketones is 1. The number of benzene rings is 1. The van der Waals surface area contributed by atoms with E-state index in [1.165, 1.54) is 36.6 Å². The summed E-state index contributed by atoms with van der Waals surface area (Å²) in [7, 11) is -3.89. The van der Waals surface area contributed by atoms with Crippen LogP contribution in [0.2, 0.25) is 0 Å². The normalized spacial score (nSPS) is 14.7. The predicted molar refractivity (Wildman–Crippen MR) is 79.7 cm³/mol. The van der Waals surface area contributed by atoms with Crippen molar-refractivity contribution >= 4 is 32.4 Å². The maximum absolute atomic E-state index is 12.4. The molecule has 1 aromatic heterocycles. The minimum Gasteiger partial charge on any atom is -0.290 e. The molecule has 1 aromatic carbocycles. The van der Waals surface area contributed by atoms with E-state index in [4.69, 9.17) is 0 Å². The Morgan fingerprint density at radius 3 is 2.43 bits per heavy atom. The summed E-state index contributed by atoms with van der Waals surface area (Å²) in [5.74, 6) is -0.196. The van der Waals surface area contributed by atoms with Gasteiger partial charge in [-0.05, 0) is 36.4 Å². The molecule has 0 amide bonds. The molecule has 21 heavy (non-hydrogen) atoms. The zero-order valence-corrected chi connectivity index (χ0v) is 11.6. The van der Waals surface area contributed by atoms with E-state index >= 15 is 0 Å². The van der Waals surface area contributed by atoms with E-state index in [2.05, 4.69) is 9.38 Å². The standard InChI is InChI=1S/C15H10N2O3S/c18-13-8-6-12(7-9-13)17-21(19,20)14-5-1-3-11-4-2-10-16-15(11)14/h1-10H. The first-order chi connectivity index (χ1) is 10.1. The lowest BCUT2D eigenvalue weighted by Crippen LogP contribution is -2.05. The molecule has 0 saturated carbocycles. The first-order valence-corrected chi connectivity index (χ1v) is 7.59. The molecule has 0 saturated heterocycles. The summed E-state index contributed by atoms with van der Waals surface area (Å²) in [6, 6.07) is 8.42. The average Bonchev–Trinajstić information content (AvgIpc) is 2.49. The number of pyridine rings is 1. The molecule has 1 aliphatic rings. The molecular formula is C15H10N2O3S. The Morgan fingerprint density at radius 2 is 1.67 bits per heavy atom. The minimum absolute atomic E-state index is 0.0480. The third-order valence-corrected chi connectivity index (χ3v) is 4.27. The highest BCUT2D eigenvalue weighted by molar-refractivity contribution is 7.90. The number of para-hydroxylation sites is 1. The van der Waals surface area contributed by atoms with Gasteiger partial charge in [0.15, 0.2) is 5.78 Å². The van der Waals surface area contributed by atoms with Crippen molar-refractivity contribution < 1.29 is 13.2 Å². The highest BCUT2D eigenvalue weighted by atomic mass is 32.2. The molecule has 0 N–H and O–H groups in total. The number of carbonyl (C=O) groups is 1. The number of nitrogens with zero attached hydrogens (tertiary/aromatic N) is 2. The van der Waals surface area contributed by atoms with Crippen molar-refractivity contribution in [1.82, 2.24) is 4.98 Å². The Morgan fingerprint density at radius 1 is 0.952 bits per heavy atom. The largest absolute Gasteiger partial charge is 0.290 e. The van der Waals surface area contributed by atoms with Crippen molar-refractivity contribution in [2.75, 3.05) is 0 Å². The van der Waals surface area contributed by atoms with Crippen LogP contribution in [0.5, 0.6) is 0 Å². The van der Waals surface area contributed by atoms with Crippen LogP contribution in [0.4, 0.5) is 0 Å². The zero-order chi connectivity index (χ0) is 14.9. The Bertz CT molecular complexity index is 902. The lowest BCUT2D eigenvalue weighted by Gasteiger charge is -2.04. The van der Waals surface area contributed by atoms with E-state index < -0.39 is 10.0 Å². The van der Waals surface area contributed by atoms with Crippen molar-refractivity contribution in [3.8, 4) is 0 Å². The second-order valence-corrected chi connectivity index (χ2v) is 5.96. The van der Waals surface area contributed by atoms with Crippen LogP contribution in [-0.4, -0.2) is 24.9 Å². The van der Waals surface area contributed by atoms with Crippen LogP contribution in [0.25, 0.3) is 10.9 Å². The van der Waals surface area contributed by atoms with Crippen molar-refractivity contribution in [3.05, 3.63) is 60.8 Å². The van der Waals surface area contributed by atoms with Crippen molar-refractivity contribution in [2.45, 2.75) is 4.90 Å². The van der Waals surface area contributed by atoms with Crippen LogP contribution < -0.4 is 0 Å². The number of aromatic nitrogens is 1. The molecule has 1 heterocycles. The summed E-state index contributed by atoms with van der Waals surface area (Å²) in [6.45, 7) is 0. The van der Waals surface area contributed by atoms with Gasteiger partial charge in [0.05, 0.1) is 11.2 Å². The Kier molecular flexibility index (Phi) is 3.23. The second-order valence-electron chi connectivity index (χ2n) is 4.39. The number of hydrogen-bond acceptors (Lipinski definition) is 4. The Labute approximate surface area is 121 Å². The number of sulfonamides is 1. The fraction of sp³-hybridized carbons (Fsp3) is 0. The van der Waals surface area contributed by atoms with Gasteiger partial charge in [0.2, 0.25) is 0 Å². The molecule has 0 unspecified atom stereocenters. The van der Waals surface area contributed by atoms with Crippen LogP contribution in [0.1, 0.15) is 0 Å². The summed E-state index contributed by atoms with van der Waals surface area (Å²) in [6.07, 6.45) is 6.83. The summed E-state index contributed by atoms with van der Waals surface area (Å²) >= 11 is 0. The number of carbonyl (C=O) groups excluding carboxylic acids is 1. The first-order valence-electron chi connectivity index (χ1n) is 6.15. The molecular weight excluding hydrogens is 288 g/mol. The third kappa shape index (κ3) is 2.66. The zero-order valence-electron chi connectivity index (χ0n) is 10.8. The number of hydrogen-bond donors (Lipinski definition) is 0.